The van der Waals surface area contributed by atoms with Crippen molar-refractivity contribution in [3.8, 4) is 39.7 Å². The summed E-state index contributed by atoms with van der Waals surface area (Å²) >= 11 is 0. The maximum atomic E-state index is 13.0. The fourth-order valence-corrected chi connectivity index (χ4v) is 4.61. The molecule has 0 atom stereocenters. The monoisotopic (exact) mass is 578 g/mol. The third-order valence-corrected chi connectivity index (χ3v) is 6.51. The summed E-state index contributed by atoms with van der Waals surface area (Å²) in [6, 6.07) is 20.7. The minimum Gasteiger partial charge on any atom is -0.493 e. The molecule has 0 unspecified atom stereocenters. The van der Waals surface area contributed by atoms with Gasteiger partial charge < -0.3 is 29.0 Å². The quantitative estimate of drug-likeness (QED) is 0.188. The van der Waals surface area contributed by atoms with E-state index < -0.39 is 0 Å². The van der Waals surface area contributed by atoms with E-state index in [2.05, 4.69) is 27.6 Å². The summed E-state index contributed by atoms with van der Waals surface area (Å²) in [6.45, 7) is 0.433. The zero-order valence-electron chi connectivity index (χ0n) is 23.1. The first kappa shape index (κ1) is 29.3. The number of benzene rings is 3. The van der Waals surface area contributed by atoms with Gasteiger partial charge in [-0.05, 0) is 47.3 Å². The fraction of sp³-hybridized carbons (Fsp3) is 0.200. The SMILES string of the molecule is COc1cc(-c2oncc2-c2cccc(N(OC)C(=O)NCCc3cc4ccccc4[nH]3)c2)cc(OC)c1OC.Cl. The number of hydroxylamine groups is 1. The summed E-state index contributed by atoms with van der Waals surface area (Å²) in [5, 5.41) is 9.30. The summed E-state index contributed by atoms with van der Waals surface area (Å²) in [5.41, 5.74) is 4.82. The molecule has 0 fully saturated rings. The lowest BCUT2D eigenvalue weighted by Gasteiger charge is -2.20. The number of hydrogen-bond acceptors (Lipinski definition) is 7. The Hall–Kier alpha value is -4.67. The number of fused-ring (bicyclic) bond motifs is 1. The van der Waals surface area contributed by atoms with Crippen LogP contribution < -0.4 is 24.6 Å². The van der Waals surface area contributed by atoms with E-state index in [1.165, 1.54) is 12.2 Å². The van der Waals surface area contributed by atoms with Crippen LogP contribution in [-0.4, -0.2) is 51.2 Å². The Balaban J connectivity index is 0.00000387. The normalized spacial score (nSPS) is 10.6. The van der Waals surface area contributed by atoms with Gasteiger partial charge in [0.05, 0.1) is 40.3 Å². The number of hydrogen-bond donors (Lipinski definition) is 2. The van der Waals surface area contributed by atoms with Crippen molar-refractivity contribution in [2.75, 3.05) is 40.0 Å². The minimum absolute atomic E-state index is 0. The van der Waals surface area contributed by atoms with Crippen LogP contribution in [0.5, 0.6) is 17.2 Å². The Morgan fingerprint density at radius 1 is 0.927 bits per heavy atom. The highest BCUT2D eigenvalue weighted by Crippen LogP contribution is 2.43. The van der Waals surface area contributed by atoms with Crippen molar-refractivity contribution in [3.05, 3.63) is 78.6 Å². The van der Waals surface area contributed by atoms with Crippen molar-refractivity contribution in [1.29, 1.82) is 0 Å². The molecule has 0 spiro atoms. The van der Waals surface area contributed by atoms with Crippen molar-refractivity contribution in [2.24, 2.45) is 0 Å². The Morgan fingerprint density at radius 2 is 1.68 bits per heavy atom. The molecule has 0 aliphatic rings. The number of H-pyrrole nitrogens is 1. The molecule has 2 N–H and O–H groups in total. The molecule has 214 valence electrons. The van der Waals surface area contributed by atoms with E-state index >= 15 is 0 Å². The number of rotatable bonds is 10. The largest absolute Gasteiger partial charge is 0.493 e. The number of carbonyl (C=O) groups excluding carboxylic acids is 1. The van der Waals surface area contributed by atoms with Gasteiger partial charge in [-0.25, -0.2) is 4.79 Å². The van der Waals surface area contributed by atoms with E-state index in [1.54, 1.807) is 45.7 Å². The summed E-state index contributed by atoms with van der Waals surface area (Å²) in [4.78, 5) is 21.9. The number of ether oxygens (including phenoxy) is 3. The molecular formula is C30H31ClN4O6. The lowest BCUT2D eigenvalue weighted by atomic mass is 10.0. The van der Waals surface area contributed by atoms with Gasteiger partial charge in [0, 0.05) is 35.3 Å². The maximum absolute atomic E-state index is 13.0. The highest BCUT2D eigenvalue weighted by atomic mass is 35.5. The van der Waals surface area contributed by atoms with Crippen LogP contribution in [-0.2, 0) is 11.3 Å². The number of carbonyl (C=O) groups is 1. The molecule has 5 rings (SSSR count). The van der Waals surface area contributed by atoms with E-state index in [-0.39, 0.29) is 18.4 Å². The van der Waals surface area contributed by atoms with Gasteiger partial charge in [-0.3, -0.25) is 4.84 Å². The molecule has 11 heteroatoms. The van der Waals surface area contributed by atoms with E-state index in [1.807, 2.05) is 36.4 Å². The fourth-order valence-electron chi connectivity index (χ4n) is 4.61. The number of nitrogens with one attached hydrogen (secondary N) is 2. The van der Waals surface area contributed by atoms with Crippen LogP contribution in [0.15, 0.2) is 77.4 Å². The first-order valence-corrected chi connectivity index (χ1v) is 12.6. The zero-order chi connectivity index (χ0) is 28.1. The zero-order valence-corrected chi connectivity index (χ0v) is 23.9. The number of para-hydroxylation sites is 1. The highest BCUT2D eigenvalue weighted by Gasteiger charge is 2.21. The van der Waals surface area contributed by atoms with Gasteiger partial charge in [0.1, 0.15) is 0 Å². The van der Waals surface area contributed by atoms with E-state index in [0.29, 0.717) is 52.8 Å². The van der Waals surface area contributed by atoms with Crippen LogP contribution in [0.2, 0.25) is 0 Å². The number of halogens is 1. The van der Waals surface area contributed by atoms with E-state index in [4.69, 9.17) is 23.6 Å². The molecule has 2 amide bonds. The van der Waals surface area contributed by atoms with Crippen LogP contribution in [0.1, 0.15) is 5.69 Å². The number of amides is 2. The van der Waals surface area contributed by atoms with Gasteiger partial charge >= 0.3 is 6.03 Å². The average Bonchev–Trinajstić information content (AvgIpc) is 3.64. The van der Waals surface area contributed by atoms with Crippen molar-refractivity contribution < 1.29 is 28.4 Å². The van der Waals surface area contributed by atoms with Crippen LogP contribution in [0.4, 0.5) is 10.5 Å². The maximum Gasteiger partial charge on any atom is 0.346 e. The second-order valence-electron chi connectivity index (χ2n) is 8.87. The number of methoxy groups -OCH3 is 3. The van der Waals surface area contributed by atoms with Crippen LogP contribution in [0.25, 0.3) is 33.4 Å². The molecule has 0 bridgehead atoms. The predicted molar refractivity (Wildman–Crippen MR) is 159 cm³/mol. The molecule has 0 aliphatic heterocycles. The first-order chi connectivity index (χ1) is 19.6. The van der Waals surface area contributed by atoms with Crippen molar-refractivity contribution in [2.45, 2.75) is 6.42 Å². The molecule has 10 nitrogen and oxygen atoms in total. The molecule has 0 aliphatic carbocycles. The van der Waals surface area contributed by atoms with Crippen molar-refractivity contribution in [3.63, 3.8) is 0 Å². The summed E-state index contributed by atoms with van der Waals surface area (Å²) in [5.74, 6) is 1.96. The van der Waals surface area contributed by atoms with Gasteiger partial charge in [0.15, 0.2) is 17.3 Å². The second-order valence-corrected chi connectivity index (χ2v) is 8.87. The second kappa shape index (κ2) is 13.1. The molecule has 0 saturated carbocycles. The Labute approximate surface area is 243 Å². The lowest BCUT2D eigenvalue weighted by Crippen LogP contribution is -2.40. The predicted octanol–water partition coefficient (Wildman–Crippen LogP) is 6.26. The Kier molecular flexibility index (Phi) is 9.38. The third-order valence-electron chi connectivity index (χ3n) is 6.51. The number of anilines is 1. The average molecular weight is 579 g/mol. The van der Waals surface area contributed by atoms with Gasteiger partial charge in [-0.2, -0.15) is 5.06 Å². The van der Waals surface area contributed by atoms with Gasteiger partial charge in [0.25, 0.3) is 0 Å². The van der Waals surface area contributed by atoms with Crippen molar-refractivity contribution in [1.82, 2.24) is 15.5 Å². The van der Waals surface area contributed by atoms with E-state index in [9.17, 15) is 4.79 Å². The van der Waals surface area contributed by atoms with Crippen LogP contribution in [0, 0.1) is 0 Å². The summed E-state index contributed by atoms with van der Waals surface area (Å²) in [7, 11) is 6.10. The summed E-state index contributed by atoms with van der Waals surface area (Å²) < 4.78 is 22.1. The smallest absolute Gasteiger partial charge is 0.346 e. The highest BCUT2D eigenvalue weighted by molar-refractivity contribution is 5.91. The minimum atomic E-state index is -0.383. The molecule has 3 aromatic carbocycles. The van der Waals surface area contributed by atoms with E-state index in [0.717, 1.165) is 22.2 Å². The van der Waals surface area contributed by atoms with Gasteiger partial charge in [-0.15, -0.1) is 12.4 Å². The van der Waals surface area contributed by atoms with Crippen molar-refractivity contribution >= 4 is 35.0 Å². The number of urea groups is 1. The standard InChI is InChI=1S/C30H30N4O6.ClH/c1-36-26-16-21(17-27(37-2)29(26)38-3)28-24(18-32-40-28)19-9-7-10-23(15-19)34(39-4)30(35)31-13-12-22-14-20-8-5-6-11-25(20)33-22;/h5-11,14-18,33H,12-13H2,1-4H3,(H,31,35);1H. The first-order valence-electron chi connectivity index (χ1n) is 12.6. The molecular weight excluding hydrogens is 548 g/mol. The Morgan fingerprint density at radius 3 is 2.37 bits per heavy atom. The number of aromatic nitrogens is 2. The molecule has 41 heavy (non-hydrogen) atoms. The molecule has 2 heterocycles. The third kappa shape index (κ3) is 6.08. The van der Waals surface area contributed by atoms with Crippen LogP contribution in [0.3, 0.4) is 0 Å². The number of aromatic amines is 1. The molecule has 0 radical (unpaired) electrons. The van der Waals surface area contributed by atoms with Gasteiger partial charge in [-0.1, -0.05) is 35.5 Å². The lowest BCUT2D eigenvalue weighted by molar-refractivity contribution is 0.163. The topological polar surface area (TPSA) is 111 Å². The van der Waals surface area contributed by atoms with Gasteiger partial charge in [0.2, 0.25) is 5.75 Å². The Bertz CT molecular complexity index is 1570. The number of nitrogens with zero attached hydrogens (tertiary/aromatic N) is 2. The molecule has 0 saturated heterocycles. The van der Waals surface area contributed by atoms with Crippen LogP contribution >= 0.6 is 12.4 Å². The molecule has 5 aromatic rings. The molecule has 2 aromatic heterocycles. The summed E-state index contributed by atoms with van der Waals surface area (Å²) in [6.07, 6.45) is 2.27.